The highest BCUT2D eigenvalue weighted by molar-refractivity contribution is 4.69. The first-order valence-electron chi connectivity index (χ1n) is 7.32. The molecule has 1 heterocycles. The van der Waals surface area contributed by atoms with E-state index in [1.54, 1.807) is 7.11 Å². The first kappa shape index (κ1) is 15.9. The molecule has 1 rings (SSSR count). The minimum atomic E-state index is 0.705. The fourth-order valence-electron chi connectivity index (χ4n) is 2.36. The lowest BCUT2D eigenvalue weighted by molar-refractivity contribution is 0.0673. The summed E-state index contributed by atoms with van der Waals surface area (Å²) in [5.41, 5.74) is 0. The van der Waals surface area contributed by atoms with Gasteiger partial charge in [0, 0.05) is 20.3 Å². The largest absolute Gasteiger partial charge is 0.382 e. The van der Waals surface area contributed by atoms with Crippen LogP contribution >= 0.6 is 0 Å². The molecule has 108 valence electrons. The minimum absolute atomic E-state index is 0.705. The zero-order valence-electron chi connectivity index (χ0n) is 12.1. The van der Waals surface area contributed by atoms with Crippen LogP contribution in [-0.4, -0.2) is 64.6 Å². The second-order valence-corrected chi connectivity index (χ2v) is 5.28. The molecule has 4 heteroatoms. The molecule has 18 heavy (non-hydrogen) atoms. The monoisotopic (exact) mass is 258 g/mol. The van der Waals surface area contributed by atoms with Crippen LogP contribution < -0.4 is 5.32 Å². The molecule has 0 aromatic carbocycles. The number of hydrogen-bond acceptors (Lipinski definition) is 4. The Hall–Kier alpha value is -0.160. The highest BCUT2D eigenvalue weighted by Gasteiger charge is 2.12. The van der Waals surface area contributed by atoms with Crippen LogP contribution in [0.25, 0.3) is 0 Å². The Morgan fingerprint density at radius 1 is 1.22 bits per heavy atom. The molecule has 1 fully saturated rings. The van der Waals surface area contributed by atoms with Gasteiger partial charge in [-0.3, -0.25) is 0 Å². The SMILES string of the molecule is COCCOCCCCN1CCCNCC(C)C1. The highest BCUT2D eigenvalue weighted by Crippen LogP contribution is 2.05. The third-order valence-corrected chi connectivity index (χ3v) is 3.34. The molecule has 0 aliphatic carbocycles. The van der Waals surface area contributed by atoms with E-state index in [4.69, 9.17) is 9.47 Å². The van der Waals surface area contributed by atoms with Crippen LogP contribution in [0.4, 0.5) is 0 Å². The van der Waals surface area contributed by atoms with E-state index in [0.29, 0.717) is 6.61 Å². The molecule has 0 saturated carbocycles. The lowest BCUT2D eigenvalue weighted by Crippen LogP contribution is -2.39. The summed E-state index contributed by atoms with van der Waals surface area (Å²) in [6, 6.07) is 0. The smallest absolute Gasteiger partial charge is 0.0700 e. The fraction of sp³-hybridized carbons (Fsp3) is 1.00. The molecular formula is C14H30N2O2. The summed E-state index contributed by atoms with van der Waals surface area (Å²) in [5, 5.41) is 3.49. The van der Waals surface area contributed by atoms with E-state index in [9.17, 15) is 0 Å². The number of methoxy groups -OCH3 is 1. The maximum Gasteiger partial charge on any atom is 0.0700 e. The molecule has 1 N–H and O–H groups in total. The number of ether oxygens (including phenoxy) is 2. The Morgan fingerprint density at radius 2 is 2.11 bits per heavy atom. The number of rotatable bonds is 8. The molecule has 0 aromatic rings. The van der Waals surface area contributed by atoms with Crippen LogP contribution in [0.15, 0.2) is 0 Å². The zero-order chi connectivity index (χ0) is 13.1. The summed E-state index contributed by atoms with van der Waals surface area (Å²) in [5.74, 6) is 0.767. The van der Waals surface area contributed by atoms with E-state index in [1.807, 2.05) is 0 Å². The van der Waals surface area contributed by atoms with Crippen molar-refractivity contribution in [3.63, 3.8) is 0 Å². The highest BCUT2D eigenvalue weighted by atomic mass is 16.5. The maximum absolute atomic E-state index is 5.48. The summed E-state index contributed by atoms with van der Waals surface area (Å²) in [4.78, 5) is 2.61. The van der Waals surface area contributed by atoms with Gasteiger partial charge in [-0.15, -0.1) is 0 Å². The molecule has 0 bridgehead atoms. The van der Waals surface area contributed by atoms with E-state index in [2.05, 4.69) is 17.1 Å². The summed E-state index contributed by atoms with van der Waals surface area (Å²) in [6.07, 6.45) is 3.68. The number of nitrogens with zero attached hydrogens (tertiary/aromatic N) is 1. The van der Waals surface area contributed by atoms with Crippen LogP contribution in [-0.2, 0) is 9.47 Å². The topological polar surface area (TPSA) is 33.7 Å². The fourth-order valence-corrected chi connectivity index (χ4v) is 2.36. The first-order chi connectivity index (χ1) is 8.83. The molecular weight excluding hydrogens is 228 g/mol. The second-order valence-electron chi connectivity index (χ2n) is 5.28. The van der Waals surface area contributed by atoms with Gasteiger partial charge in [0.05, 0.1) is 13.2 Å². The number of unbranched alkanes of at least 4 members (excludes halogenated alkanes) is 1. The quantitative estimate of drug-likeness (QED) is 0.667. The predicted molar refractivity (Wildman–Crippen MR) is 75.0 cm³/mol. The maximum atomic E-state index is 5.48. The third kappa shape index (κ3) is 8.03. The molecule has 0 aromatic heterocycles. The summed E-state index contributed by atoms with van der Waals surface area (Å²) in [7, 11) is 1.71. The molecule has 0 amide bonds. The van der Waals surface area contributed by atoms with Gasteiger partial charge in [-0.25, -0.2) is 0 Å². The van der Waals surface area contributed by atoms with E-state index >= 15 is 0 Å². The molecule has 1 aliphatic rings. The second kappa shape index (κ2) is 10.7. The first-order valence-corrected chi connectivity index (χ1v) is 7.32. The van der Waals surface area contributed by atoms with Crippen LogP contribution in [0, 0.1) is 5.92 Å². The standard InChI is InChI=1S/C14H30N2O2/c1-14-12-15-6-5-8-16(13-14)7-3-4-9-18-11-10-17-2/h14-15H,3-13H2,1-2H3. The van der Waals surface area contributed by atoms with Crippen molar-refractivity contribution in [2.75, 3.05) is 59.7 Å². The van der Waals surface area contributed by atoms with Crippen LogP contribution in [0.2, 0.25) is 0 Å². The zero-order valence-corrected chi connectivity index (χ0v) is 12.1. The molecule has 4 nitrogen and oxygen atoms in total. The predicted octanol–water partition coefficient (Wildman–Crippen LogP) is 1.36. The van der Waals surface area contributed by atoms with Gasteiger partial charge in [0.1, 0.15) is 0 Å². The lowest BCUT2D eigenvalue weighted by Gasteiger charge is -2.28. The van der Waals surface area contributed by atoms with E-state index in [1.165, 1.54) is 39.0 Å². The van der Waals surface area contributed by atoms with Crippen molar-refractivity contribution in [2.45, 2.75) is 26.2 Å². The van der Waals surface area contributed by atoms with Gasteiger partial charge >= 0.3 is 0 Å². The Labute approximate surface area is 112 Å². The van der Waals surface area contributed by atoms with Crippen molar-refractivity contribution in [2.24, 2.45) is 5.92 Å². The minimum Gasteiger partial charge on any atom is -0.382 e. The van der Waals surface area contributed by atoms with Gasteiger partial charge in [-0.05, 0) is 51.4 Å². The average molecular weight is 258 g/mol. The van der Waals surface area contributed by atoms with E-state index in [0.717, 1.165) is 32.1 Å². The lowest BCUT2D eigenvalue weighted by atomic mass is 10.1. The summed E-state index contributed by atoms with van der Waals surface area (Å²) >= 11 is 0. The molecule has 0 spiro atoms. The van der Waals surface area contributed by atoms with Crippen LogP contribution in [0.3, 0.4) is 0 Å². The average Bonchev–Trinajstić information content (AvgIpc) is 2.34. The third-order valence-electron chi connectivity index (χ3n) is 3.34. The molecule has 1 unspecified atom stereocenters. The molecule has 0 radical (unpaired) electrons. The van der Waals surface area contributed by atoms with Crippen molar-refractivity contribution in [1.82, 2.24) is 10.2 Å². The van der Waals surface area contributed by atoms with Gasteiger partial charge < -0.3 is 19.7 Å². The van der Waals surface area contributed by atoms with E-state index < -0.39 is 0 Å². The van der Waals surface area contributed by atoms with Crippen LogP contribution in [0.5, 0.6) is 0 Å². The van der Waals surface area contributed by atoms with Crippen molar-refractivity contribution < 1.29 is 9.47 Å². The normalized spacial score (nSPS) is 22.7. The number of hydrogen-bond donors (Lipinski definition) is 1. The summed E-state index contributed by atoms with van der Waals surface area (Å²) in [6.45, 7) is 10.7. The van der Waals surface area contributed by atoms with Crippen molar-refractivity contribution in [3.8, 4) is 0 Å². The van der Waals surface area contributed by atoms with Gasteiger partial charge in [-0.2, -0.15) is 0 Å². The van der Waals surface area contributed by atoms with Crippen molar-refractivity contribution in [1.29, 1.82) is 0 Å². The molecule has 1 atom stereocenters. The Bertz CT molecular complexity index is 191. The van der Waals surface area contributed by atoms with Crippen molar-refractivity contribution >= 4 is 0 Å². The van der Waals surface area contributed by atoms with E-state index in [-0.39, 0.29) is 0 Å². The molecule has 1 saturated heterocycles. The summed E-state index contributed by atoms with van der Waals surface area (Å²) < 4.78 is 10.4. The van der Waals surface area contributed by atoms with Crippen molar-refractivity contribution in [3.05, 3.63) is 0 Å². The van der Waals surface area contributed by atoms with Gasteiger partial charge in [0.15, 0.2) is 0 Å². The Balaban J connectivity index is 1.99. The van der Waals surface area contributed by atoms with Crippen LogP contribution in [0.1, 0.15) is 26.2 Å². The Kier molecular flexibility index (Phi) is 9.48. The van der Waals surface area contributed by atoms with Gasteiger partial charge in [0.2, 0.25) is 0 Å². The molecule has 1 aliphatic heterocycles. The van der Waals surface area contributed by atoms with Gasteiger partial charge in [-0.1, -0.05) is 6.92 Å². The van der Waals surface area contributed by atoms with Gasteiger partial charge in [0.25, 0.3) is 0 Å². The Morgan fingerprint density at radius 3 is 2.94 bits per heavy atom. The number of nitrogens with one attached hydrogen (secondary N) is 1.